The summed E-state index contributed by atoms with van der Waals surface area (Å²) >= 11 is 5.74. The molecule has 4 nitrogen and oxygen atoms in total. The van der Waals surface area contributed by atoms with Gasteiger partial charge in [-0.15, -0.1) is 0 Å². The Morgan fingerprint density at radius 2 is 1.91 bits per heavy atom. The number of hydrogen-bond donors (Lipinski definition) is 1. The number of amides is 1. The highest BCUT2D eigenvalue weighted by molar-refractivity contribution is 6.30. The van der Waals surface area contributed by atoms with Crippen LogP contribution in [0, 0.1) is 13.8 Å². The summed E-state index contributed by atoms with van der Waals surface area (Å²) in [7, 11) is 0. The van der Waals surface area contributed by atoms with Crippen LogP contribution in [0.15, 0.2) is 28.7 Å². The number of rotatable bonds is 4. The molecular formula is C15H14ClF3N2O2. The molecule has 1 aromatic carbocycles. The first-order chi connectivity index (χ1) is 10.7. The number of oxazole rings is 1. The zero-order chi connectivity index (χ0) is 17.2. The van der Waals surface area contributed by atoms with Crippen molar-refractivity contribution in [3.63, 3.8) is 0 Å². The summed E-state index contributed by atoms with van der Waals surface area (Å²) in [5, 5.41) is 2.74. The summed E-state index contributed by atoms with van der Waals surface area (Å²) in [6, 6.07) is 4.58. The monoisotopic (exact) mass is 346 g/mol. The van der Waals surface area contributed by atoms with E-state index in [2.05, 4.69) is 10.3 Å². The van der Waals surface area contributed by atoms with Crippen molar-refractivity contribution in [2.75, 3.05) is 0 Å². The number of carbonyl (C=O) groups is 1. The average Bonchev–Trinajstić information content (AvgIpc) is 2.76. The number of carbonyl (C=O) groups excluding carboxylic acids is 1. The van der Waals surface area contributed by atoms with E-state index < -0.39 is 24.5 Å². The first kappa shape index (κ1) is 17.3. The zero-order valence-corrected chi connectivity index (χ0v) is 13.1. The Hall–Kier alpha value is -2.02. The highest BCUT2D eigenvalue weighted by Gasteiger charge is 2.34. The number of aryl methyl sites for hydroxylation is 2. The summed E-state index contributed by atoms with van der Waals surface area (Å²) in [4.78, 5) is 16.1. The largest absolute Gasteiger partial charge is 0.436 e. The molecule has 0 aliphatic rings. The van der Waals surface area contributed by atoms with Crippen molar-refractivity contribution >= 4 is 17.5 Å². The van der Waals surface area contributed by atoms with E-state index in [9.17, 15) is 18.0 Å². The van der Waals surface area contributed by atoms with Gasteiger partial charge in [0.2, 0.25) is 5.76 Å². The van der Waals surface area contributed by atoms with Crippen LogP contribution in [-0.4, -0.2) is 17.1 Å². The van der Waals surface area contributed by atoms with Crippen LogP contribution >= 0.6 is 11.6 Å². The zero-order valence-electron chi connectivity index (χ0n) is 12.4. The smallest absolute Gasteiger partial charge is 0.391 e. The molecule has 0 aliphatic heterocycles. The maximum Gasteiger partial charge on any atom is 0.391 e. The molecule has 2 rings (SSSR count). The van der Waals surface area contributed by atoms with E-state index in [4.69, 9.17) is 16.0 Å². The Kier molecular flexibility index (Phi) is 4.99. The van der Waals surface area contributed by atoms with Gasteiger partial charge >= 0.3 is 6.18 Å². The number of alkyl halides is 3. The number of nitrogens with zero attached hydrogens (tertiary/aromatic N) is 1. The lowest BCUT2D eigenvalue weighted by atomic mass is 10.0. The fourth-order valence-electron chi connectivity index (χ4n) is 2.14. The summed E-state index contributed by atoms with van der Waals surface area (Å²) in [5.41, 5.74) is 0.621. The van der Waals surface area contributed by atoms with Crippen LogP contribution in [0.5, 0.6) is 0 Å². The Labute approximate surface area is 135 Å². The lowest BCUT2D eigenvalue weighted by Gasteiger charge is -2.20. The number of hydrogen-bond acceptors (Lipinski definition) is 3. The van der Waals surface area contributed by atoms with E-state index in [-0.39, 0.29) is 11.7 Å². The van der Waals surface area contributed by atoms with Crippen LogP contribution in [0.3, 0.4) is 0 Å². The second kappa shape index (κ2) is 6.62. The minimum absolute atomic E-state index is 0.0939. The van der Waals surface area contributed by atoms with Gasteiger partial charge in [0.05, 0.1) is 18.2 Å². The molecule has 0 saturated carbocycles. The summed E-state index contributed by atoms with van der Waals surface area (Å²) < 4.78 is 43.5. The molecule has 8 heteroatoms. The molecule has 1 N–H and O–H groups in total. The van der Waals surface area contributed by atoms with E-state index in [1.165, 1.54) is 24.3 Å². The van der Waals surface area contributed by atoms with Gasteiger partial charge in [-0.05, 0) is 24.6 Å². The first-order valence-corrected chi connectivity index (χ1v) is 7.10. The van der Waals surface area contributed by atoms with Crippen molar-refractivity contribution in [2.45, 2.75) is 32.5 Å². The van der Waals surface area contributed by atoms with Gasteiger partial charge in [0.25, 0.3) is 5.91 Å². The molecule has 1 amide bonds. The van der Waals surface area contributed by atoms with Gasteiger partial charge in [0.1, 0.15) is 0 Å². The molecule has 2 aromatic rings. The SMILES string of the molecule is Cc1nc(C)c(C(=O)N[C@H](CC(F)(F)F)c2ccc(Cl)cc2)o1. The maximum atomic E-state index is 12.8. The third kappa shape index (κ3) is 4.72. The van der Waals surface area contributed by atoms with Crippen molar-refractivity contribution in [1.82, 2.24) is 10.3 Å². The number of aromatic nitrogens is 1. The molecule has 0 spiro atoms. The minimum atomic E-state index is -4.44. The van der Waals surface area contributed by atoms with E-state index in [0.717, 1.165) is 0 Å². The summed E-state index contributed by atoms with van der Waals surface area (Å²) in [6.07, 6.45) is -5.64. The Morgan fingerprint density at radius 3 is 2.39 bits per heavy atom. The van der Waals surface area contributed by atoms with Crippen molar-refractivity contribution in [3.05, 3.63) is 52.2 Å². The van der Waals surface area contributed by atoms with Gasteiger partial charge in [0, 0.05) is 11.9 Å². The van der Waals surface area contributed by atoms with Gasteiger partial charge in [-0.3, -0.25) is 4.79 Å². The van der Waals surface area contributed by atoms with Crippen LogP contribution in [0.4, 0.5) is 13.2 Å². The summed E-state index contributed by atoms with van der Waals surface area (Å²) in [5.74, 6) is -0.567. The van der Waals surface area contributed by atoms with Crippen LogP contribution in [-0.2, 0) is 0 Å². The quantitative estimate of drug-likeness (QED) is 0.894. The molecule has 1 atom stereocenters. The predicted molar refractivity (Wildman–Crippen MR) is 78.3 cm³/mol. The predicted octanol–water partition coefficient (Wildman–Crippen LogP) is 4.37. The molecule has 1 heterocycles. The van der Waals surface area contributed by atoms with Crippen LogP contribution < -0.4 is 5.32 Å². The highest BCUT2D eigenvalue weighted by Crippen LogP contribution is 2.30. The Balaban J connectivity index is 2.25. The van der Waals surface area contributed by atoms with Gasteiger partial charge in [-0.2, -0.15) is 13.2 Å². The number of halogens is 4. The fourth-order valence-corrected chi connectivity index (χ4v) is 2.27. The molecule has 1 aromatic heterocycles. The molecule has 0 unspecified atom stereocenters. The van der Waals surface area contributed by atoms with Gasteiger partial charge in [-0.25, -0.2) is 4.98 Å². The van der Waals surface area contributed by atoms with Crippen molar-refractivity contribution in [2.24, 2.45) is 0 Å². The third-order valence-corrected chi connectivity index (χ3v) is 3.38. The Bertz CT molecular complexity index is 696. The molecule has 0 fully saturated rings. The number of benzene rings is 1. The van der Waals surface area contributed by atoms with Gasteiger partial charge < -0.3 is 9.73 Å². The molecule has 0 aliphatic carbocycles. The van der Waals surface area contributed by atoms with Crippen LogP contribution in [0.25, 0.3) is 0 Å². The second-order valence-electron chi connectivity index (χ2n) is 5.04. The van der Waals surface area contributed by atoms with Gasteiger partial charge in [-0.1, -0.05) is 23.7 Å². The number of nitrogens with one attached hydrogen (secondary N) is 1. The van der Waals surface area contributed by atoms with Crippen molar-refractivity contribution in [1.29, 1.82) is 0 Å². The fraction of sp³-hybridized carbons (Fsp3) is 0.333. The van der Waals surface area contributed by atoms with Crippen molar-refractivity contribution < 1.29 is 22.4 Å². The Morgan fingerprint density at radius 1 is 1.30 bits per heavy atom. The van der Waals surface area contributed by atoms with Crippen molar-refractivity contribution in [3.8, 4) is 0 Å². The highest BCUT2D eigenvalue weighted by atomic mass is 35.5. The molecule has 0 radical (unpaired) electrons. The van der Waals surface area contributed by atoms with E-state index in [1.807, 2.05) is 0 Å². The normalized spacial score (nSPS) is 13.0. The molecule has 0 saturated heterocycles. The van der Waals surface area contributed by atoms with E-state index >= 15 is 0 Å². The van der Waals surface area contributed by atoms with Crippen LogP contribution in [0.1, 0.15) is 40.2 Å². The van der Waals surface area contributed by atoms with Gasteiger partial charge in [0.15, 0.2) is 5.89 Å². The van der Waals surface area contributed by atoms with Crippen LogP contribution in [0.2, 0.25) is 5.02 Å². The first-order valence-electron chi connectivity index (χ1n) is 6.73. The molecular weight excluding hydrogens is 333 g/mol. The molecule has 124 valence electrons. The van der Waals surface area contributed by atoms with E-state index in [1.54, 1.807) is 13.8 Å². The lowest BCUT2D eigenvalue weighted by Crippen LogP contribution is -2.32. The topological polar surface area (TPSA) is 55.1 Å². The lowest BCUT2D eigenvalue weighted by molar-refractivity contribution is -0.139. The standard InChI is InChI=1S/C15H14ClF3N2O2/c1-8-13(23-9(2)20-8)14(22)21-12(7-15(17,18)19)10-3-5-11(16)6-4-10/h3-6,12H,7H2,1-2H3,(H,21,22)/t12-/m1/s1. The second-order valence-corrected chi connectivity index (χ2v) is 5.48. The average molecular weight is 347 g/mol. The molecule has 0 bridgehead atoms. The molecule has 23 heavy (non-hydrogen) atoms. The summed E-state index contributed by atoms with van der Waals surface area (Å²) in [6.45, 7) is 3.10. The minimum Gasteiger partial charge on any atom is -0.436 e. The maximum absolute atomic E-state index is 12.8. The third-order valence-electron chi connectivity index (χ3n) is 3.12. The van der Waals surface area contributed by atoms with E-state index in [0.29, 0.717) is 16.3 Å².